The quantitative estimate of drug-likeness (QED) is 0.199. The number of carbonyl (C=O) groups is 2. The number of aromatic amines is 1. The van der Waals surface area contributed by atoms with E-state index in [1.165, 1.54) is 48.8 Å². The van der Waals surface area contributed by atoms with Crippen molar-refractivity contribution in [1.82, 2.24) is 9.97 Å². The van der Waals surface area contributed by atoms with E-state index in [4.69, 9.17) is 9.47 Å². The Bertz CT molecular complexity index is 1450. The van der Waals surface area contributed by atoms with E-state index in [1.54, 1.807) is 19.1 Å². The SMILES string of the molecule is CCOC(=O)Nc1cc(OC(=O)c2cccnc2)ccc1-c1cc(=O)c2c(O)ccc(O)c2[nH]1. The number of fused-ring (bicyclic) bond motifs is 1. The number of hydrogen-bond acceptors (Lipinski definition) is 8. The maximum absolute atomic E-state index is 12.7. The van der Waals surface area contributed by atoms with E-state index in [1.807, 2.05) is 0 Å². The van der Waals surface area contributed by atoms with Crippen molar-refractivity contribution in [2.75, 3.05) is 11.9 Å². The summed E-state index contributed by atoms with van der Waals surface area (Å²) in [4.78, 5) is 44.0. The first-order valence-corrected chi connectivity index (χ1v) is 10.2. The van der Waals surface area contributed by atoms with E-state index in [9.17, 15) is 24.6 Å². The summed E-state index contributed by atoms with van der Waals surface area (Å²) in [6.07, 6.45) is 2.12. The van der Waals surface area contributed by atoms with Crippen molar-refractivity contribution < 1.29 is 29.3 Å². The number of esters is 1. The highest BCUT2D eigenvalue weighted by Gasteiger charge is 2.17. The normalized spacial score (nSPS) is 10.6. The predicted octanol–water partition coefficient (Wildman–Crippen LogP) is 3.79. The second-order valence-corrected chi connectivity index (χ2v) is 7.09. The van der Waals surface area contributed by atoms with Gasteiger partial charge >= 0.3 is 12.1 Å². The van der Waals surface area contributed by atoms with Gasteiger partial charge in [-0.3, -0.25) is 15.1 Å². The van der Waals surface area contributed by atoms with Crippen LogP contribution in [-0.4, -0.2) is 38.9 Å². The average Bonchev–Trinajstić information content (AvgIpc) is 2.82. The zero-order chi connectivity index (χ0) is 24.2. The summed E-state index contributed by atoms with van der Waals surface area (Å²) in [6.45, 7) is 1.76. The number of nitrogens with one attached hydrogen (secondary N) is 2. The summed E-state index contributed by atoms with van der Waals surface area (Å²) in [7, 11) is 0. The highest BCUT2D eigenvalue weighted by atomic mass is 16.5. The Morgan fingerprint density at radius 2 is 1.88 bits per heavy atom. The Labute approximate surface area is 192 Å². The molecule has 4 aromatic rings. The number of amides is 1. The first-order chi connectivity index (χ1) is 16.4. The molecule has 0 fully saturated rings. The molecule has 0 aliphatic carbocycles. The van der Waals surface area contributed by atoms with Crippen molar-refractivity contribution >= 4 is 28.7 Å². The summed E-state index contributed by atoms with van der Waals surface area (Å²) in [5.41, 5.74) is 0.458. The van der Waals surface area contributed by atoms with Crippen LogP contribution in [0.15, 0.2) is 65.7 Å². The van der Waals surface area contributed by atoms with Gasteiger partial charge in [-0.15, -0.1) is 0 Å². The van der Waals surface area contributed by atoms with Crippen molar-refractivity contribution in [3.8, 4) is 28.5 Å². The van der Waals surface area contributed by atoms with E-state index >= 15 is 0 Å². The maximum Gasteiger partial charge on any atom is 0.411 e. The van der Waals surface area contributed by atoms with Crippen LogP contribution in [0.25, 0.3) is 22.2 Å². The van der Waals surface area contributed by atoms with E-state index in [-0.39, 0.29) is 51.7 Å². The predicted molar refractivity (Wildman–Crippen MR) is 123 cm³/mol. The largest absolute Gasteiger partial charge is 0.507 e. The number of benzene rings is 2. The van der Waals surface area contributed by atoms with Crippen LogP contribution in [0.5, 0.6) is 17.2 Å². The molecule has 172 valence electrons. The maximum atomic E-state index is 12.7. The van der Waals surface area contributed by atoms with Gasteiger partial charge in [-0.25, -0.2) is 9.59 Å². The second kappa shape index (κ2) is 9.33. The Balaban J connectivity index is 1.79. The molecule has 2 aromatic heterocycles. The number of anilines is 1. The number of H-pyrrole nitrogens is 1. The number of carbonyl (C=O) groups excluding carboxylic acids is 2. The van der Waals surface area contributed by atoms with Crippen molar-refractivity contribution in [2.45, 2.75) is 6.92 Å². The van der Waals surface area contributed by atoms with Gasteiger partial charge in [-0.2, -0.15) is 0 Å². The molecule has 0 saturated carbocycles. The first-order valence-electron chi connectivity index (χ1n) is 10.2. The molecule has 34 heavy (non-hydrogen) atoms. The highest BCUT2D eigenvalue weighted by molar-refractivity contribution is 5.95. The van der Waals surface area contributed by atoms with Crippen LogP contribution in [0, 0.1) is 0 Å². The van der Waals surface area contributed by atoms with Gasteiger partial charge < -0.3 is 24.7 Å². The molecule has 0 spiro atoms. The van der Waals surface area contributed by atoms with Crippen LogP contribution >= 0.6 is 0 Å². The summed E-state index contributed by atoms with van der Waals surface area (Å²) < 4.78 is 10.3. The molecular weight excluding hydrogens is 442 g/mol. The molecule has 0 aliphatic rings. The van der Waals surface area contributed by atoms with Crippen molar-refractivity contribution in [1.29, 1.82) is 0 Å². The van der Waals surface area contributed by atoms with Crippen LogP contribution in [0.4, 0.5) is 10.5 Å². The van der Waals surface area contributed by atoms with Gasteiger partial charge in [0, 0.05) is 30.1 Å². The average molecular weight is 461 g/mol. The number of phenolic OH excluding ortho intramolecular Hbond substituents is 2. The Morgan fingerprint density at radius 3 is 2.62 bits per heavy atom. The lowest BCUT2D eigenvalue weighted by molar-refractivity contribution is 0.0734. The lowest BCUT2D eigenvalue weighted by Crippen LogP contribution is -2.15. The first kappa shape index (κ1) is 22.3. The van der Waals surface area contributed by atoms with Crippen LogP contribution in [0.3, 0.4) is 0 Å². The number of ether oxygens (including phenoxy) is 2. The zero-order valence-electron chi connectivity index (χ0n) is 17.9. The van der Waals surface area contributed by atoms with Gasteiger partial charge in [0.1, 0.15) is 17.2 Å². The molecule has 0 radical (unpaired) electrons. The van der Waals surface area contributed by atoms with Crippen LogP contribution < -0.4 is 15.5 Å². The molecule has 0 atom stereocenters. The lowest BCUT2D eigenvalue weighted by Gasteiger charge is -2.14. The molecule has 0 bridgehead atoms. The van der Waals surface area contributed by atoms with E-state index in [0.717, 1.165) is 0 Å². The third kappa shape index (κ3) is 4.51. The summed E-state index contributed by atoms with van der Waals surface area (Å²) in [5, 5.41) is 22.7. The molecule has 2 aromatic carbocycles. The number of phenols is 2. The molecule has 0 unspecified atom stereocenters. The molecule has 2 heterocycles. The van der Waals surface area contributed by atoms with Gasteiger partial charge in [0.25, 0.3) is 0 Å². The minimum absolute atomic E-state index is 0.0247. The van der Waals surface area contributed by atoms with Crippen molar-refractivity contribution in [2.24, 2.45) is 0 Å². The van der Waals surface area contributed by atoms with E-state index in [2.05, 4.69) is 15.3 Å². The van der Waals surface area contributed by atoms with Gasteiger partial charge in [-0.1, -0.05) is 0 Å². The molecule has 10 heteroatoms. The van der Waals surface area contributed by atoms with Gasteiger partial charge in [0.15, 0.2) is 5.43 Å². The molecule has 1 amide bonds. The van der Waals surface area contributed by atoms with E-state index < -0.39 is 17.5 Å². The number of aromatic hydroxyl groups is 2. The second-order valence-electron chi connectivity index (χ2n) is 7.09. The standard InChI is InChI=1S/C24H19N3O7/c1-2-33-24(32)27-16-10-14(34-23(31)13-4-3-9-25-12-13)5-6-15(16)17-11-20(30)21-18(28)7-8-19(29)22(21)26-17/h3-12,28-29H,2H2,1H3,(H,26,30)(H,27,32). The lowest BCUT2D eigenvalue weighted by atomic mass is 10.1. The number of aromatic nitrogens is 2. The van der Waals surface area contributed by atoms with E-state index in [0.29, 0.717) is 5.56 Å². The highest BCUT2D eigenvalue weighted by Crippen LogP contribution is 2.34. The van der Waals surface area contributed by atoms with Crippen molar-refractivity contribution in [3.05, 3.63) is 76.7 Å². The van der Waals surface area contributed by atoms with Gasteiger partial charge in [0.05, 0.1) is 34.5 Å². The number of nitrogens with zero attached hydrogens (tertiary/aromatic N) is 1. The summed E-state index contributed by atoms with van der Waals surface area (Å²) in [5.74, 6) is -1.06. The molecule has 4 N–H and O–H groups in total. The van der Waals surface area contributed by atoms with Crippen LogP contribution in [0.2, 0.25) is 0 Å². The minimum Gasteiger partial charge on any atom is -0.507 e. The molecular formula is C24H19N3O7. The van der Waals surface area contributed by atoms with Crippen LogP contribution in [0.1, 0.15) is 17.3 Å². The zero-order valence-corrected chi connectivity index (χ0v) is 17.9. The molecule has 10 nitrogen and oxygen atoms in total. The Kier molecular flexibility index (Phi) is 6.13. The number of hydrogen-bond donors (Lipinski definition) is 4. The smallest absolute Gasteiger partial charge is 0.411 e. The fourth-order valence-corrected chi connectivity index (χ4v) is 3.33. The minimum atomic E-state index is -0.761. The molecule has 0 aliphatic heterocycles. The van der Waals surface area contributed by atoms with Crippen molar-refractivity contribution in [3.63, 3.8) is 0 Å². The summed E-state index contributed by atoms with van der Waals surface area (Å²) >= 11 is 0. The fraction of sp³-hybridized carbons (Fsp3) is 0.0833. The topological polar surface area (TPSA) is 151 Å². The fourth-order valence-electron chi connectivity index (χ4n) is 3.33. The number of pyridine rings is 2. The summed E-state index contributed by atoms with van der Waals surface area (Å²) in [6, 6.07) is 11.2. The van der Waals surface area contributed by atoms with Gasteiger partial charge in [0.2, 0.25) is 0 Å². The van der Waals surface area contributed by atoms with Gasteiger partial charge in [-0.05, 0) is 43.3 Å². The Morgan fingerprint density at radius 1 is 1.09 bits per heavy atom. The monoisotopic (exact) mass is 461 g/mol. The van der Waals surface area contributed by atoms with Crippen LogP contribution in [-0.2, 0) is 4.74 Å². The Hall–Kier alpha value is -4.86. The third-order valence-corrected chi connectivity index (χ3v) is 4.84. The number of rotatable bonds is 5. The molecule has 0 saturated heterocycles. The molecule has 4 rings (SSSR count). The third-order valence-electron chi connectivity index (χ3n) is 4.84.